The van der Waals surface area contributed by atoms with E-state index < -0.39 is 35.8 Å². The first-order valence-corrected chi connectivity index (χ1v) is 13.3. The van der Waals surface area contributed by atoms with Crippen LogP contribution in [0.1, 0.15) is 23.6 Å². The van der Waals surface area contributed by atoms with Gasteiger partial charge in [0.15, 0.2) is 6.10 Å². The van der Waals surface area contributed by atoms with Gasteiger partial charge in [-0.2, -0.15) is 0 Å². The van der Waals surface area contributed by atoms with Crippen LogP contribution < -0.4 is 0 Å². The number of esters is 1. The molecule has 198 valence electrons. The van der Waals surface area contributed by atoms with Gasteiger partial charge >= 0.3 is 5.97 Å². The third-order valence-electron chi connectivity index (χ3n) is 6.05. The summed E-state index contributed by atoms with van der Waals surface area (Å²) >= 11 is 1.44. The molecule has 1 aliphatic rings. The minimum atomic E-state index is -0.836. The highest BCUT2D eigenvalue weighted by Gasteiger charge is 2.48. The summed E-state index contributed by atoms with van der Waals surface area (Å²) in [6.07, 6.45) is -2.23. The molecular formula is C29H31N3O5S. The number of hydrogen-bond acceptors (Lipinski definition) is 7. The summed E-state index contributed by atoms with van der Waals surface area (Å²) in [5, 5.41) is 4.07. The van der Waals surface area contributed by atoms with Gasteiger partial charge in [-0.25, -0.2) is 0 Å². The van der Waals surface area contributed by atoms with Crippen molar-refractivity contribution in [2.45, 2.75) is 61.7 Å². The Morgan fingerprint density at radius 1 is 0.947 bits per heavy atom. The van der Waals surface area contributed by atoms with Gasteiger partial charge in [-0.3, -0.25) is 4.79 Å². The summed E-state index contributed by atoms with van der Waals surface area (Å²) < 4.78 is 24.5. The van der Waals surface area contributed by atoms with E-state index in [1.54, 1.807) is 0 Å². The fourth-order valence-corrected chi connectivity index (χ4v) is 5.32. The largest absolute Gasteiger partial charge is 0.457 e. The first-order valence-electron chi connectivity index (χ1n) is 12.4. The highest BCUT2D eigenvalue weighted by Crippen LogP contribution is 2.38. The van der Waals surface area contributed by atoms with Gasteiger partial charge in [0.25, 0.3) is 0 Å². The summed E-state index contributed by atoms with van der Waals surface area (Å²) in [5.74, 6) is -0.482. The summed E-state index contributed by atoms with van der Waals surface area (Å²) in [6, 6.07) is 26.7. The van der Waals surface area contributed by atoms with E-state index in [2.05, 4.69) is 10.0 Å². The predicted octanol–water partition coefficient (Wildman–Crippen LogP) is 6.22. The molecular weight excluding hydrogens is 502 g/mol. The van der Waals surface area contributed by atoms with Gasteiger partial charge in [0.05, 0.1) is 19.8 Å². The van der Waals surface area contributed by atoms with Gasteiger partial charge in [-0.05, 0) is 35.7 Å². The number of hydrogen-bond donors (Lipinski definition) is 0. The van der Waals surface area contributed by atoms with Crippen LogP contribution in [-0.2, 0) is 37.0 Å². The van der Waals surface area contributed by atoms with Crippen molar-refractivity contribution >= 4 is 17.7 Å². The Bertz CT molecular complexity index is 1210. The van der Waals surface area contributed by atoms with Crippen molar-refractivity contribution in [3.05, 3.63) is 112 Å². The van der Waals surface area contributed by atoms with E-state index in [1.165, 1.54) is 18.7 Å². The van der Waals surface area contributed by atoms with Crippen LogP contribution in [-0.4, -0.2) is 42.4 Å². The van der Waals surface area contributed by atoms with Crippen LogP contribution in [0.3, 0.4) is 0 Å². The van der Waals surface area contributed by atoms with Crippen LogP contribution in [0.25, 0.3) is 10.4 Å². The number of nitrogens with zero attached hydrogens (tertiary/aromatic N) is 3. The molecule has 0 aliphatic carbocycles. The number of benzene rings is 3. The molecule has 8 nitrogen and oxygen atoms in total. The third-order valence-corrected chi connectivity index (χ3v) is 7.22. The van der Waals surface area contributed by atoms with E-state index in [1.807, 2.05) is 91.9 Å². The smallest absolute Gasteiger partial charge is 0.303 e. The molecule has 0 N–H and O–H groups in total. The first-order chi connectivity index (χ1) is 18.5. The number of carbonyl (C=O) groups excluding carboxylic acids is 1. The van der Waals surface area contributed by atoms with Crippen molar-refractivity contribution < 1.29 is 23.7 Å². The monoisotopic (exact) mass is 533 g/mol. The zero-order valence-electron chi connectivity index (χ0n) is 21.4. The maximum absolute atomic E-state index is 12.2. The highest BCUT2D eigenvalue weighted by atomic mass is 32.2. The van der Waals surface area contributed by atoms with Crippen LogP contribution in [0.4, 0.5) is 0 Å². The second-order valence-corrected chi connectivity index (χ2v) is 10.2. The Balaban J connectivity index is 1.61. The molecule has 1 fully saturated rings. The summed E-state index contributed by atoms with van der Waals surface area (Å²) in [4.78, 5) is 16.2. The van der Waals surface area contributed by atoms with Gasteiger partial charge in [-0.1, -0.05) is 95.2 Å². The van der Waals surface area contributed by atoms with Gasteiger partial charge in [0.1, 0.15) is 23.7 Å². The molecule has 1 heterocycles. The molecule has 1 saturated heterocycles. The minimum absolute atomic E-state index is 0.159. The summed E-state index contributed by atoms with van der Waals surface area (Å²) in [5.41, 5.74) is 12.0. The molecule has 1 unspecified atom stereocenters. The number of azide groups is 1. The van der Waals surface area contributed by atoms with Crippen LogP contribution in [0.15, 0.2) is 94.9 Å². The van der Waals surface area contributed by atoms with Gasteiger partial charge in [-0.15, -0.1) is 0 Å². The molecule has 4 rings (SSSR count). The van der Waals surface area contributed by atoms with Gasteiger partial charge in [0, 0.05) is 16.7 Å². The highest BCUT2D eigenvalue weighted by molar-refractivity contribution is 7.99. The first kappa shape index (κ1) is 27.7. The summed E-state index contributed by atoms with van der Waals surface area (Å²) in [7, 11) is 0. The number of carbonyl (C=O) groups is 1. The topological polar surface area (TPSA) is 103 Å². The SMILES string of the molecule is CC(=O)O[C@H]1[C@H](OCc2ccccc2)[C@@H](N=[N+]=[N-])C(Sc2ccc(C)cc2)O[C@@H]1COCc1ccccc1. The van der Waals surface area contributed by atoms with Crippen molar-refractivity contribution in [3.8, 4) is 0 Å². The second-order valence-electron chi connectivity index (χ2n) is 9.01. The molecule has 3 aromatic rings. The lowest BCUT2D eigenvalue weighted by Crippen LogP contribution is -2.59. The van der Waals surface area contributed by atoms with Crippen LogP contribution in [0.5, 0.6) is 0 Å². The molecule has 5 atom stereocenters. The Kier molecular flexibility index (Phi) is 10.2. The Morgan fingerprint density at radius 3 is 2.18 bits per heavy atom. The Hall–Kier alpha value is -3.33. The molecule has 0 saturated carbocycles. The van der Waals surface area contributed by atoms with Crippen molar-refractivity contribution in [2.75, 3.05) is 6.61 Å². The fraction of sp³-hybridized carbons (Fsp3) is 0.345. The molecule has 9 heteroatoms. The fourth-order valence-electron chi connectivity index (χ4n) is 4.22. The number of rotatable bonds is 11. The number of aryl methyl sites for hydroxylation is 1. The molecule has 0 amide bonds. The zero-order chi connectivity index (χ0) is 26.7. The average molecular weight is 534 g/mol. The van der Waals surface area contributed by atoms with E-state index in [9.17, 15) is 10.3 Å². The quantitative estimate of drug-likeness (QED) is 0.125. The molecule has 38 heavy (non-hydrogen) atoms. The van der Waals surface area contributed by atoms with Crippen LogP contribution in [0.2, 0.25) is 0 Å². The van der Waals surface area contributed by atoms with Crippen LogP contribution >= 0.6 is 11.8 Å². The standard InChI is InChI=1S/C29H31N3O5S/c1-20-13-15-24(16-14-20)38-29-26(31-32-30)28(35-18-23-11-7-4-8-12-23)27(36-21(2)33)25(37-29)19-34-17-22-9-5-3-6-10-22/h3-16,25-29H,17-19H2,1-2H3/t25-,26-,27-,28-,29?/m1/s1. The average Bonchev–Trinajstić information content (AvgIpc) is 2.92. The van der Waals surface area contributed by atoms with Crippen molar-refractivity contribution in [2.24, 2.45) is 5.11 Å². The Morgan fingerprint density at radius 2 is 1.58 bits per heavy atom. The van der Waals surface area contributed by atoms with E-state index in [4.69, 9.17) is 18.9 Å². The molecule has 0 bridgehead atoms. The molecule has 0 aromatic heterocycles. The van der Waals surface area contributed by atoms with Gasteiger partial charge in [0.2, 0.25) is 0 Å². The minimum Gasteiger partial charge on any atom is -0.457 e. The number of ether oxygens (including phenoxy) is 4. The van der Waals surface area contributed by atoms with Crippen LogP contribution in [0, 0.1) is 6.92 Å². The lowest BCUT2D eigenvalue weighted by molar-refractivity contribution is -0.209. The molecule has 1 aliphatic heterocycles. The number of thioether (sulfide) groups is 1. The third kappa shape index (κ3) is 7.84. The second kappa shape index (κ2) is 14.0. The molecule has 0 radical (unpaired) electrons. The maximum Gasteiger partial charge on any atom is 0.303 e. The van der Waals surface area contributed by atoms with E-state index >= 15 is 0 Å². The zero-order valence-corrected chi connectivity index (χ0v) is 22.2. The Labute approximate surface area is 226 Å². The lowest BCUT2D eigenvalue weighted by Gasteiger charge is -2.44. The van der Waals surface area contributed by atoms with E-state index in [-0.39, 0.29) is 13.2 Å². The maximum atomic E-state index is 12.2. The predicted molar refractivity (Wildman–Crippen MR) is 145 cm³/mol. The normalized spacial score (nSPS) is 22.8. The van der Waals surface area contributed by atoms with Crippen molar-refractivity contribution in [1.29, 1.82) is 0 Å². The van der Waals surface area contributed by atoms with Crippen molar-refractivity contribution in [1.82, 2.24) is 0 Å². The van der Waals surface area contributed by atoms with E-state index in [0.717, 1.165) is 21.6 Å². The summed E-state index contributed by atoms with van der Waals surface area (Å²) in [6.45, 7) is 4.14. The van der Waals surface area contributed by atoms with Crippen molar-refractivity contribution in [3.63, 3.8) is 0 Å². The molecule has 3 aromatic carbocycles. The van der Waals surface area contributed by atoms with Gasteiger partial charge < -0.3 is 18.9 Å². The molecule has 0 spiro atoms. The lowest BCUT2D eigenvalue weighted by atomic mass is 9.98. The van der Waals surface area contributed by atoms with E-state index in [0.29, 0.717) is 6.61 Å².